The Hall–Kier alpha value is -2.45. The molecule has 2 N–H and O–H groups in total. The highest BCUT2D eigenvalue weighted by Gasteiger charge is 2.19. The molecule has 1 aliphatic carbocycles. The predicted octanol–water partition coefficient (Wildman–Crippen LogP) is 5.07. The van der Waals surface area contributed by atoms with Crippen molar-refractivity contribution < 1.29 is 19.1 Å². The van der Waals surface area contributed by atoms with Crippen LogP contribution in [0.15, 0.2) is 46.9 Å². The average Bonchev–Trinajstić information content (AvgIpc) is 2.74. The summed E-state index contributed by atoms with van der Waals surface area (Å²) in [6.45, 7) is 0. The van der Waals surface area contributed by atoms with Gasteiger partial charge in [-0.15, -0.1) is 0 Å². The Labute approximate surface area is 189 Å². The first-order chi connectivity index (χ1) is 14.5. The summed E-state index contributed by atoms with van der Waals surface area (Å²) in [5, 5.41) is 5.70. The van der Waals surface area contributed by atoms with Crippen LogP contribution in [0.3, 0.4) is 0 Å². The molecule has 3 rings (SSSR count). The minimum Gasteiger partial charge on any atom is -0.496 e. The number of ether oxygens (including phenoxy) is 2. The second-order valence-corrected chi connectivity index (χ2v) is 8.32. The minimum absolute atomic E-state index is 0.0156. The zero-order chi connectivity index (χ0) is 21.5. The number of halogens is 1. The predicted molar refractivity (Wildman–Crippen MR) is 123 cm³/mol. The van der Waals surface area contributed by atoms with Gasteiger partial charge >= 0.3 is 5.97 Å². The van der Waals surface area contributed by atoms with Crippen molar-refractivity contribution in [2.75, 3.05) is 12.4 Å². The van der Waals surface area contributed by atoms with Crippen molar-refractivity contribution >= 4 is 50.8 Å². The third-order valence-electron chi connectivity index (χ3n) is 4.84. The smallest absolute Gasteiger partial charge is 0.338 e. The van der Waals surface area contributed by atoms with Crippen molar-refractivity contribution in [3.63, 3.8) is 0 Å². The van der Waals surface area contributed by atoms with Gasteiger partial charge in [0.1, 0.15) is 11.9 Å². The van der Waals surface area contributed by atoms with E-state index in [1.54, 1.807) is 42.5 Å². The first-order valence-corrected chi connectivity index (χ1v) is 10.9. The van der Waals surface area contributed by atoms with Crippen molar-refractivity contribution in [1.29, 1.82) is 0 Å². The highest BCUT2D eigenvalue weighted by atomic mass is 79.9. The summed E-state index contributed by atoms with van der Waals surface area (Å²) in [6.07, 6.45) is 5.30. The summed E-state index contributed by atoms with van der Waals surface area (Å²) in [7, 11) is 1.50. The maximum Gasteiger partial charge on any atom is 0.338 e. The molecule has 1 saturated carbocycles. The molecule has 0 saturated heterocycles. The molecule has 1 fully saturated rings. The monoisotopic (exact) mass is 490 g/mol. The van der Waals surface area contributed by atoms with Crippen LogP contribution in [0, 0.1) is 0 Å². The fourth-order valence-corrected chi connectivity index (χ4v) is 3.85. The van der Waals surface area contributed by atoms with Gasteiger partial charge in [0.05, 0.1) is 18.2 Å². The molecule has 158 valence electrons. The lowest BCUT2D eigenvalue weighted by atomic mass is 9.98. The van der Waals surface area contributed by atoms with E-state index in [9.17, 15) is 9.59 Å². The van der Waals surface area contributed by atoms with Gasteiger partial charge in [-0.3, -0.25) is 10.1 Å². The van der Waals surface area contributed by atoms with Crippen LogP contribution in [-0.4, -0.2) is 30.2 Å². The molecule has 30 heavy (non-hydrogen) atoms. The molecular formula is C22H23BrN2O4S. The number of benzene rings is 2. The van der Waals surface area contributed by atoms with Gasteiger partial charge < -0.3 is 14.8 Å². The van der Waals surface area contributed by atoms with Crippen LogP contribution in [0.2, 0.25) is 0 Å². The lowest BCUT2D eigenvalue weighted by Crippen LogP contribution is -2.34. The molecule has 0 spiro atoms. The van der Waals surface area contributed by atoms with Gasteiger partial charge in [0.15, 0.2) is 5.11 Å². The van der Waals surface area contributed by atoms with Gasteiger partial charge in [-0.25, -0.2) is 4.79 Å². The fourth-order valence-electron chi connectivity index (χ4n) is 3.28. The quantitative estimate of drug-likeness (QED) is 0.449. The van der Waals surface area contributed by atoms with Crippen LogP contribution in [0.4, 0.5) is 5.69 Å². The average molecular weight is 491 g/mol. The second-order valence-electron chi connectivity index (χ2n) is 7.00. The van der Waals surface area contributed by atoms with Crippen LogP contribution in [-0.2, 0) is 4.74 Å². The van der Waals surface area contributed by atoms with Crippen LogP contribution in [0.25, 0.3) is 0 Å². The van der Waals surface area contributed by atoms with Gasteiger partial charge in [-0.05, 0) is 80.4 Å². The first kappa shape index (κ1) is 22.2. The molecular weight excluding hydrogens is 468 g/mol. The SMILES string of the molecule is COc1ccc(Br)cc1C(=O)NC(=S)Nc1ccc(C(=O)OC2CCCCC2)cc1. The van der Waals surface area contributed by atoms with Crippen LogP contribution in [0.5, 0.6) is 5.75 Å². The number of hydrogen-bond donors (Lipinski definition) is 2. The number of esters is 1. The minimum atomic E-state index is -0.390. The summed E-state index contributed by atoms with van der Waals surface area (Å²) in [5.41, 5.74) is 1.49. The summed E-state index contributed by atoms with van der Waals surface area (Å²) in [5.74, 6) is -0.260. The Balaban J connectivity index is 1.56. The molecule has 6 nitrogen and oxygen atoms in total. The number of hydrogen-bond acceptors (Lipinski definition) is 5. The van der Waals surface area contributed by atoms with E-state index in [4.69, 9.17) is 21.7 Å². The van der Waals surface area contributed by atoms with E-state index < -0.39 is 5.91 Å². The summed E-state index contributed by atoms with van der Waals surface area (Å²) >= 11 is 8.57. The summed E-state index contributed by atoms with van der Waals surface area (Å²) in [4.78, 5) is 24.8. The molecule has 0 radical (unpaired) electrons. The molecule has 8 heteroatoms. The number of rotatable bonds is 5. The maximum absolute atomic E-state index is 12.5. The molecule has 0 unspecified atom stereocenters. The van der Waals surface area contributed by atoms with Gasteiger partial charge in [0, 0.05) is 10.2 Å². The highest BCUT2D eigenvalue weighted by Crippen LogP contribution is 2.23. The molecule has 0 bridgehead atoms. The largest absolute Gasteiger partial charge is 0.496 e. The molecule has 2 aromatic rings. The standard InChI is InChI=1S/C22H23BrN2O4S/c1-28-19-12-9-15(23)13-18(19)20(26)25-22(30)24-16-10-7-14(8-11-16)21(27)29-17-5-3-2-4-6-17/h7-13,17H,2-6H2,1H3,(H2,24,25,26,30). The fraction of sp³-hybridized carbons (Fsp3) is 0.318. The summed E-state index contributed by atoms with van der Waals surface area (Å²) in [6, 6.07) is 11.9. The zero-order valence-electron chi connectivity index (χ0n) is 16.6. The summed E-state index contributed by atoms with van der Waals surface area (Å²) < 4.78 is 11.5. The Morgan fingerprint density at radius 1 is 1.07 bits per heavy atom. The third-order valence-corrected chi connectivity index (χ3v) is 5.53. The molecule has 1 amide bonds. The lowest BCUT2D eigenvalue weighted by Gasteiger charge is -2.21. The van der Waals surface area contributed by atoms with E-state index in [1.165, 1.54) is 13.5 Å². The van der Waals surface area contributed by atoms with E-state index in [0.717, 1.165) is 30.2 Å². The van der Waals surface area contributed by atoms with Crippen molar-refractivity contribution in [2.45, 2.75) is 38.2 Å². The van der Waals surface area contributed by atoms with Crippen LogP contribution < -0.4 is 15.4 Å². The van der Waals surface area contributed by atoms with Gasteiger partial charge in [0.2, 0.25) is 0 Å². The molecule has 0 aliphatic heterocycles. The Bertz CT molecular complexity index is 927. The Kier molecular flexibility index (Phi) is 7.81. The van der Waals surface area contributed by atoms with E-state index in [-0.39, 0.29) is 17.2 Å². The van der Waals surface area contributed by atoms with Crippen molar-refractivity contribution in [3.8, 4) is 5.75 Å². The van der Waals surface area contributed by atoms with Crippen molar-refractivity contribution in [3.05, 3.63) is 58.1 Å². The molecule has 2 aromatic carbocycles. The van der Waals surface area contributed by atoms with Crippen molar-refractivity contribution in [1.82, 2.24) is 5.32 Å². The number of anilines is 1. The Morgan fingerprint density at radius 3 is 2.43 bits per heavy atom. The highest BCUT2D eigenvalue weighted by molar-refractivity contribution is 9.10. The molecule has 0 atom stereocenters. The van der Waals surface area contributed by atoms with E-state index in [0.29, 0.717) is 22.6 Å². The van der Waals surface area contributed by atoms with E-state index >= 15 is 0 Å². The lowest BCUT2D eigenvalue weighted by molar-refractivity contribution is 0.0211. The number of carbonyl (C=O) groups is 2. The normalized spacial score (nSPS) is 13.9. The van der Waals surface area contributed by atoms with E-state index in [2.05, 4.69) is 26.6 Å². The maximum atomic E-state index is 12.5. The van der Waals surface area contributed by atoms with Crippen molar-refractivity contribution in [2.24, 2.45) is 0 Å². The Morgan fingerprint density at radius 2 is 1.77 bits per heavy atom. The third kappa shape index (κ3) is 6.03. The van der Waals surface area contributed by atoms with Gasteiger partial charge in [-0.2, -0.15) is 0 Å². The van der Waals surface area contributed by atoms with E-state index in [1.807, 2.05) is 0 Å². The van der Waals surface area contributed by atoms with Crippen LogP contribution >= 0.6 is 28.1 Å². The van der Waals surface area contributed by atoms with Gasteiger partial charge in [-0.1, -0.05) is 22.4 Å². The number of methoxy groups -OCH3 is 1. The number of thiocarbonyl (C=S) groups is 1. The molecule has 1 aliphatic rings. The topological polar surface area (TPSA) is 76.7 Å². The van der Waals surface area contributed by atoms with Crippen LogP contribution in [0.1, 0.15) is 52.8 Å². The molecule has 0 heterocycles. The zero-order valence-corrected chi connectivity index (χ0v) is 19.0. The number of nitrogens with one attached hydrogen (secondary N) is 2. The van der Waals surface area contributed by atoms with Gasteiger partial charge in [0.25, 0.3) is 5.91 Å². The number of amides is 1. The first-order valence-electron chi connectivity index (χ1n) is 9.73. The second kappa shape index (κ2) is 10.5. The molecule has 0 aromatic heterocycles. The number of carbonyl (C=O) groups excluding carboxylic acids is 2.